The van der Waals surface area contributed by atoms with E-state index in [1.807, 2.05) is 36.4 Å². The van der Waals surface area contributed by atoms with Gasteiger partial charge in [0.05, 0.1) is 7.11 Å². The van der Waals surface area contributed by atoms with E-state index in [0.29, 0.717) is 11.9 Å². The number of carbonyl (C=O) groups excluding carboxylic acids is 1. The van der Waals surface area contributed by atoms with E-state index in [0.717, 1.165) is 36.2 Å². The molecule has 0 aliphatic heterocycles. The minimum absolute atomic E-state index is 0.131. The second-order valence-corrected chi connectivity index (χ2v) is 6.30. The molecule has 1 aromatic heterocycles. The van der Waals surface area contributed by atoms with Crippen molar-refractivity contribution in [1.82, 2.24) is 15.6 Å². The lowest BCUT2D eigenvalue weighted by molar-refractivity contribution is 0.251. The van der Waals surface area contributed by atoms with Crippen molar-refractivity contribution in [2.24, 2.45) is 0 Å². The molecule has 3 N–H and O–H groups in total. The van der Waals surface area contributed by atoms with Gasteiger partial charge in [0, 0.05) is 36.6 Å². The monoisotopic (exact) mass is 340 g/mol. The number of urea groups is 1. The largest absolute Gasteiger partial charge is 0.481 e. The highest BCUT2D eigenvalue weighted by Crippen LogP contribution is 2.20. The van der Waals surface area contributed by atoms with Gasteiger partial charge in [-0.15, -0.1) is 0 Å². The normalized spacial score (nSPS) is 14.6. The molecule has 1 atom stereocenters. The molecular formula is C19H24N4O2. The highest BCUT2D eigenvalue weighted by atomic mass is 16.5. The Morgan fingerprint density at radius 3 is 2.72 bits per heavy atom. The number of methoxy groups -OCH3 is 1. The molecule has 1 saturated carbocycles. The Bertz CT molecular complexity index is 714. The van der Waals surface area contributed by atoms with Crippen molar-refractivity contribution in [3.63, 3.8) is 0 Å². The summed E-state index contributed by atoms with van der Waals surface area (Å²) in [4.78, 5) is 15.9. The van der Waals surface area contributed by atoms with Gasteiger partial charge in [-0.2, -0.15) is 0 Å². The van der Waals surface area contributed by atoms with E-state index in [1.54, 1.807) is 13.3 Å². The maximum atomic E-state index is 11.7. The number of anilines is 1. The summed E-state index contributed by atoms with van der Waals surface area (Å²) >= 11 is 0. The maximum absolute atomic E-state index is 11.7. The van der Waals surface area contributed by atoms with Gasteiger partial charge < -0.3 is 20.7 Å². The number of rotatable bonds is 7. The zero-order valence-electron chi connectivity index (χ0n) is 14.6. The molecule has 2 aromatic rings. The van der Waals surface area contributed by atoms with E-state index in [-0.39, 0.29) is 12.1 Å². The molecular weight excluding hydrogens is 316 g/mol. The zero-order chi connectivity index (χ0) is 17.6. The Kier molecular flexibility index (Phi) is 5.50. The van der Waals surface area contributed by atoms with E-state index in [4.69, 9.17) is 4.74 Å². The first kappa shape index (κ1) is 17.2. The first-order chi connectivity index (χ1) is 12.1. The first-order valence-corrected chi connectivity index (χ1v) is 8.54. The van der Waals surface area contributed by atoms with Crippen LogP contribution in [0.5, 0.6) is 5.88 Å². The van der Waals surface area contributed by atoms with E-state index in [2.05, 4.69) is 27.9 Å². The SMILES string of the molecule is COc1cc(CN[C@@H](C)c2ccc(NC(=O)NC3CC3)cc2)ccn1. The third-order valence-electron chi connectivity index (χ3n) is 4.20. The number of benzene rings is 1. The lowest BCUT2D eigenvalue weighted by atomic mass is 10.1. The summed E-state index contributed by atoms with van der Waals surface area (Å²) < 4.78 is 5.14. The number of nitrogens with one attached hydrogen (secondary N) is 3. The zero-order valence-corrected chi connectivity index (χ0v) is 14.6. The van der Waals surface area contributed by atoms with Crippen LogP contribution in [0.15, 0.2) is 42.6 Å². The summed E-state index contributed by atoms with van der Waals surface area (Å²) in [6.45, 7) is 2.84. The fourth-order valence-corrected chi connectivity index (χ4v) is 2.50. The Balaban J connectivity index is 1.51. The smallest absolute Gasteiger partial charge is 0.319 e. The van der Waals surface area contributed by atoms with Gasteiger partial charge in [0.2, 0.25) is 5.88 Å². The number of aromatic nitrogens is 1. The fraction of sp³-hybridized carbons (Fsp3) is 0.368. The van der Waals surface area contributed by atoms with E-state index < -0.39 is 0 Å². The van der Waals surface area contributed by atoms with Crippen LogP contribution in [0.3, 0.4) is 0 Å². The lowest BCUT2D eigenvalue weighted by Crippen LogP contribution is -2.30. The molecule has 0 radical (unpaired) electrons. The average molecular weight is 340 g/mol. The number of carbonyl (C=O) groups is 1. The Labute approximate surface area is 148 Å². The molecule has 0 bridgehead atoms. The Hall–Kier alpha value is -2.60. The summed E-state index contributed by atoms with van der Waals surface area (Å²) in [5.74, 6) is 0.617. The third kappa shape index (κ3) is 5.19. The van der Waals surface area contributed by atoms with Gasteiger partial charge >= 0.3 is 6.03 Å². The van der Waals surface area contributed by atoms with Crippen LogP contribution >= 0.6 is 0 Å². The Morgan fingerprint density at radius 1 is 1.28 bits per heavy atom. The minimum atomic E-state index is -0.131. The van der Waals surface area contributed by atoms with E-state index in [1.165, 1.54) is 0 Å². The quantitative estimate of drug-likeness (QED) is 0.723. The van der Waals surface area contributed by atoms with Crippen LogP contribution in [-0.2, 0) is 6.54 Å². The predicted octanol–water partition coefficient (Wildman–Crippen LogP) is 3.22. The van der Waals surface area contributed by atoms with Crippen molar-refractivity contribution in [3.8, 4) is 5.88 Å². The highest BCUT2D eigenvalue weighted by Gasteiger charge is 2.23. The second kappa shape index (κ2) is 7.98. The molecule has 0 spiro atoms. The molecule has 25 heavy (non-hydrogen) atoms. The van der Waals surface area contributed by atoms with Crippen LogP contribution in [0.25, 0.3) is 0 Å². The standard InChI is InChI=1S/C19H24N4O2/c1-13(21-12-14-9-10-20-18(11-14)25-2)15-3-5-16(6-4-15)22-19(24)23-17-7-8-17/h3-6,9-11,13,17,21H,7-8,12H2,1-2H3,(H2,22,23,24)/t13-/m0/s1. The Morgan fingerprint density at radius 2 is 2.04 bits per heavy atom. The summed E-state index contributed by atoms with van der Waals surface area (Å²) in [6.07, 6.45) is 3.91. The van der Waals surface area contributed by atoms with Gasteiger partial charge in [-0.3, -0.25) is 0 Å². The van der Waals surface area contributed by atoms with Crippen molar-refractivity contribution in [3.05, 3.63) is 53.7 Å². The van der Waals surface area contributed by atoms with Crippen molar-refractivity contribution in [2.75, 3.05) is 12.4 Å². The molecule has 1 fully saturated rings. The van der Waals surface area contributed by atoms with Crippen molar-refractivity contribution >= 4 is 11.7 Å². The van der Waals surface area contributed by atoms with Crippen molar-refractivity contribution in [1.29, 1.82) is 0 Å². The van der Waals surface area contributed by atoms with Gasteiger partial charge in [0.25, 0.3) is 0 Å². The third-order valence-corrected chi connectivity index (χ3v) is 4.20. The maximum Gasteiger partial charge on any atom is 0.319 e. The minimum Gasteiger partial charge on any atom is -0.481 e. The first-order valence-electron chi connectivity index (χ1n) is 8.54. The molecule has 1 aliphatic carbocycles. The number of ether oxygens (including phenoxy) is 1. The van der Waals surface area contributed by atoms with E-state index in [9.17, 15) is 4.79 Å². The van der Waals surface area contributed by atoms with Gasteiger partial charge in [-0.1, -0.05) is 12.1 Å². The molecule has 1 aliphatic rings. The number of nitrogens with zero attached hydrogens (tertiary/aromatic N) is 1. The number of amides is 2. The van der Waals surface area contributed by atoms with Gasteiger partial charge in [0.1, 0.15) is 0 Å². The van der Waals surface area contributed by atoms with E-state index >= 15 is 0 Å². The fourth-order valence-electron chi connectivity index (χ4n) is 2.50. The summed E-state index contributed by atoms with van der Waals surface area (Å²) in [5.41, 5.74) is 3.08. The van der Waals surface area contributed by atoms with Gasteiger partial charge in [0.15, 0.2) is 0 Å². The van der Waals surface area contributed by atoms with Gasteiger partial charge in [-0.05, 0) is 49.1 Å². The van der Waals surface area contributed by atoms with Crippen LogP contribution in [0.2, 0.25) is 0 Å². The lowest BCUT2D eigenvalue weighted by Gasteiger charge is -2.15. The van der Waals surface area contributed by atoms with Crippen LogP contribution in [0, 0.1) is 0 Å². The predicted molar refractivity (Wildman–Crippen MR) is 97.7 cm³/mol. The van der Waals surface area contributed by atoms with Crippen LogP contribution < -0.4 is 20.7 Å². The number of pyridine rings is 1. The van der Waals surface area contributed by atoms with Crippen molar-refractivity contribution in [2.45, 2.75) is 38.4 Å². The van der Waals surface area contributed by atoms with Crippen LogP contribution in [0.4, 0.5) is 10.5 Å². The van der Waals surface area contributed by atoms with Crippen LogP contribution in [-0.4, -0.2) is 24.2 Å². The molecule has 0 saturated heterocycles. The number of hydrogen-bond donors (Lipinski definition) is 3. The second-order valence-electron chi connectivity index (χ2n) is 6.30. The van der Waals surface area contributed by atoms with Gasteiger partial charge in [-0.25, -0.2) is 9.78 Å². The molecule has 2 amide bonds. The topological polar surface area (TPSA) is 75.3 Å². The molecule has 3 rings (SSSR count). The van der Waals surface area contributed by atoms with Crippen LogP contribution in [0.1, 0.15) is 36.9 Å². The van der Waals surface area contributed by atoms with Crippen molar-refractivity contribution < 1.29 is 9.53 Å². The molecule has 1 aromatic carbocycles. The summed E-state index contributed by atoms with van der Waals surface area (Å²) in [6, 6.07) is 12.2. The molecule has 6 nitrogen and oxygen atoms in total. The molecule has 132 valence electrons. The molecule has 1 heterocycles. The molecule has 6 heteroatoms. The average Bonchev–Trinajstić information content (AvgIpc) is 3.44. The summed E-state index contributed by atoms with van der Waals surface area (Å²) in [7, 11) is 1.61. The summed E-state index contributed by atoms with van der Waals surface area (Å²) in [5, 5.41) is 9.25. The highest BCUT2D eigenvalue weighted by molar-refractivity contribution is 5.89. The number of hydrogen-bond acceptors (Lipinski definition) is 4. The molecule has 0 unspecified atom stereocenters.